The quantitative estimate of drug-likeness (QED) is 0.556. The number of benzene rings is 2. The van der Waals surface area contributed by atoms with E-state index in [9.17, 15) is 18.3 Å². The molecule has 2 atom stereocenters. The van der Waals surface area contributed by atoms with E-state index in [0.717, 1.165) is 12.1 Å². The van der Waals surface area contributed by atoms with Crippen LogP contribution >= 0.6 is 0 Å². The van der Waals surface area contributed by atoms with Gasteiger partial charge < -0.3 is 5.11 Å². The second kappa shape index (κ2) is 7.00. The lowest BCUT2D eigenvalue weighted by Crippen LogP contribution is -2.41. The first-order valence-electron chi connectivity index (χ1n) is 8.94. The molecule has 4 aromatic rings. The highest BCUT2D eigenvalue weighted by Crippen LogP contribution is 2.38. The van der Waals surface area contributed by atoms with Crippen molar-refractivity contribution in [1.82, 2.24) is 24.5 Å². The smallest absolute Gasteiger partial charge is 0.137 e. The molecule has 0 fully saturated rings. The van der Waals surface area contributed by atoms with Crippen LogP contribution in [0.5, 0.6) is 0 Å². The van der Waals surface area contributed by atoms with Gasteiger partial charge in [-0.05, 0) is 38.1 Å². The number of rotatable bonds is 5. The summed E-state index contributed by atoms with van der Waals surface area (Å²) in [5.74, 6) is -2.05. The van der Waals surface area contributed by atoms with E-state index in [1.807, 2.05) is 0 Å². The Morgan fingerprint density at radius 1 is 1.10 bits per heavy atom. The largest absolute Gasteiger partial charge is 0.381 e. The summed E-state index contributed by atoms with van der Waals surface area (Å²) in [6.45, 7) is 3.25. The summed E-state index contributed by atoms with van der Waals surface area (Å²) in [6, 6.07) is 6.39. The summed E-state index contributed by atoms with van der Waals surface area (Å²) in [4.78, 5) is 3.85. The van der Waals surface area contributed by atoms with Gasteiger partial charge >= 0.3 is 0 Å². The van der Waals surface area contributed by atoms with Crippen molar-refractivity contribution in [3.05, 3.63) is 77.8 Å². The monoisotopic (exact) mass is 401 g/mol. The Bertz CT molecular complexity index is 1170. The van der Waals surface area contributed by atoms with E-state index < -0.39 is 29.1 Å². The molecular formula is C20H18F3N5O. The van der Waals surface area contributed by atoms with Crippen LogP contribution in [0.2, 0.25) is 0 Å². The second-order valence-corrected chi connectivity index (χ2v) is 7.01. The molecular weight excluding hydrogens is 383 g/mol. The predicted molar refractivity (Wildman–Crippen MR) is 99.4 cm³/mol. The number of aromatic nitrogens is 5. The van der Waals surface area contributed by atoms with E-state index in [1.165, 1.54) is 46.3 Å². The molecule has 0 aliphatic rings. The van der Waals surface area contributed by atoms with Gasteiger partial charge in [0.15, 0.2) is 0 Å². The van der Waals surface area contributed by atoms with Crippen molar-refractivity contribution in [2.24, 2.45) is 0 Å². The Balaban J connectivity index is 1.87. The van der Waals surface area contributed by atoms with E-state index >= 15 is 0 Å². The van der Waals surface area contributed by atoms with Crippen molar-refractivity contribution < 1.29 is 18.3 Å². The molecule has 9 heteroatoms. The number of hydrogen-bond acceptors (Lipinski definition) is 4. The zero-order valence-electron chi connectivity index (χ0n) is 15.7. The highest BCUT2D eigenvalue weighted by Gasteiger charge is 2.41. The van der Waals surface area contributed by atoms with Crippen molar-refractivity contribution in [2.45, 2.75) is 32.0 Å². The topological polar surface area (TPSA) is 68.8 Å². The summed E-state index contributed by atoms with van der Waals surface area (Å²) in [6.07, 6.45) is 2.68. The average Bonchev–Trinajstić information content (AvgIpc) is 3.29. The second-order valence-electron chi connectivity index (χ2n) is 7.01. The molecule has 2 heterocycles. The van der Waals surface area contributed by atoms with Crippen LogP contribution in [-0.4, -0.2) is 29.7 Å². The maximum Gasteiger partial charge on any atom is 0.137 e. The minimum Gasteiger partial charge on any atom is -0.381 e. The van der Waals surface area contributed by atoms with E-state index in [0.29, 0.717) is 16.6 Å². The molecule has 0 unspecified atom stereocenters. The Morgan fingerprint density at radius 2 is 1.83 bits per heavy atom. The van der Waals surface area contributed by atoms with Gasteiger partial charge in [0.05, 0.1) is 18.1 Å². The van der Waals surface area contributed by atoms with Gasteiger partial charge in [-0.25, -0.2) is 22.8 Å². The SMILES string of the molecule is Cc1c2cc(F)ccc2nn1[C@H](C)[C@](O)(Cn1cncn1)c1ccc(F)cc1F. The van der Waals surface area contributed by atoms with Gasteiger partial charge in [0.25, 0.3) is 0 Å². The zero-order valence-corrected chi connectivity index (χ0v) is 15.7. The van der Waals surface area contributed by atoms with Crippen molar-refractivity contribution in [1.29, 1.82) is 0 Å². The van der Waals surface area contributed by atoms with Crippen LogP contribution in [0.1, 0.15) is 24.2 Å². The van der Waals surface area contributed by atoms with E-state index in [4.69, 9.17) is 0 Å². The average molecular weight is 401 g/mol. The minimum absolute atomic E-state index is 0.105. The molecule has 29 heavy (non-hydrogen) atoms. The molecule has 0 saturated heterocycles. The number of aliphatic hydroxyl groups is 1. The Morgan fingerprint density at radius 3 is 2.52 bits per heavy atom. The van der Waals surface area contributed by atoms with Gasteiger partial charge in [-0.1, -0.05) is 6.07 Å². The molecule has 0 bridgehead atoms. The molecule has 0 spiro atoms. The van der Waals surface area contributed by atoms with Gasteiger partial charge in [-0.15, -0.1) is 0 Å². The van der Waals surface area contributed by atoms with Gasteiger partial charge in [0.2, 0.25) is 0 Å². The van der Waals surface area contributed by atoms with E-state index in [2.05, 4.69) is 15.2 Å². The van der Waals surface area contributed by atoms with E-state index in [-0.39, 0.29) is 12.1 Å². The Labute approximate surface area is 164 Å². The molecule has 2 aromatic carbocycles. The summed E-state index contributed by atoms with van der Waals surface area (Å²) in [7, 11) is 0. The number of fused-ring (bicyclic) bond motifs is 1. The van der Waals surface area contributed by atoms with Gasteiger partial charge in [-0.3, -0.25) is 4.68 Å². The van der Waals surface area contributed by atoms with Crippen LogP contribution < -0.4 is 0 Å². The molecule has 0 aliphatic heterocycles. The van der Waals surface area contributed by atoms with Crippen LogP contribution in [0.25, 0.3) is 10.9 Å². The maximum atomic E-state index is 14.7. The normalized spacial score (nSPS) is 14.8. The third-order valence-electron chi connectivity index (χ3n) is 5.23. The predicted octanol–water partition coefficient (Wildman–Crippen LogP) is 3.50. The molecule has 2 aromatic heterocycles. The number of hydrogen-bond donors (Lipinski definition) is 1. The van der Waals surface area contributed by atoms with E-state index in [1.54, 1.807) is 13.8 Å². The van der Waals surface area contributed by atoms with Crippen molar-refractivity contribution in [3.8, 4) is 0 Å². The van der Waals surface area contributed by atoms with Gasteiger partial charge in [0.1, 0.15) is 35.7 Å². The summed E-state index contributed by atoms with van der Waals surface area (Å²) < 4.78 is 44.7. The molecule has 0 radical (unpaired) electrons. The van der Waals surface area contributed by atoms with Crippen molar-refractivity contribution >= 4 is 10.9 Å². The highest BCUT2D eigenvalue weighted by molar-refractivity contribution is 5.81. The molecule has 1 N–H and O–H groups in total. The number of halogens is 3. The lowest BCUT2D eigenvalue weighted by molar-refractivity contribution is -0.0372. The number of aryl methyl sites for hydroxylation is 1. The Hall–Kier alpha value is -3.20. The summed E-state index contributed by atoms with van der Waals surface area (Å²) >= 11 is 0. The van der Waals surface area contributed by atoms with Gasteiger partial charge in [-0.2, -0.15) is 10.2 Å². The molecule has 0 saturated carbocycles. The fourth-order valence-electron chi connectivity index (χ4n) is 3.62. The highest BCUT2D eigenvalue weighted by atomic mass is 19.1. The Kier molecular flexibility index (Phi) is 4.62. The van der Waals surface area contributed by atoms with Crippen LogP contribution in [0.4, 0.5) is 13.2 Å². The standard InChI is InChI=1S/C20H18F3N5O/c1-12-16-7-14(21)4-6-19(16)26-28(12)13(2)20(29,9-27-11-24-10-25-27)17-5-3-15(22)8-18(17)23/h3-8,10-11,13,29H,9H2,1-2H3/t13-,20-/m1/s1. The van der Waals surface area contributed by atoms with Crippen LogP contribution in [-0.2, 0) is 12.1 Å². The fourth-order valence-corrected chi connectivity index (χ4v) is 3.62. The third-order valence-corrected chi connectivity index (χ3v) is 5.23. The summed E-state index contributed by atoms with van der Waals surface area (Å²) in [5, 5.41) is 20.7. The maximum absolute atomic E-state index is 14.7. The van der Waals surface area contributed by atoms with Crippen molar-refractivity contribution in [3.63, 3.8) is 0 Å². The molecule has 0 aliphatic carbocycles. The van der Waals surface area contributed by atoms with Crippen LogP contribution in [0.15, 0.2) is 49.1 Å². The lowest BCUT2D eigenvalue weighted by Gasteiger charge is -2.35. The summed E-state index contributed by atoms with van der Waals surface area (Å²) in [5.41, 5.74) is -0.811. The van der Waals surface area contributed by atoms with Crippen LogP contribution in [0, 0.1) is 24.4 Å². The molecule has 150 valence electrons. The van der Waals surface area contributed by atoms with Crippen LogP contribution in [0.3, 0.4) is 0 Å². The van der Waals surface area contributed by atoms with Crippen molar-refractivity contribution in [2.75, 3.05) is 0 Å². The first-order chi connectivity index (χ1) is 13.8. The van der Waals surface area contributed by atoms with Gasteiger partial charge in [0, 0.05) is 22.7 Å². The first kappa shape index (κ1) is 19.1. The first-order valence-corrected chi connectivity index (χ1v) is 8.94. The lowest BCUT2D eigenvalue weighted by atomic mass is 9.86. The third kappa shape index (κ3) is 3.27. The molecule has 6 nitrogen and oxygen atoms in total. The molecule has 4 rings (SSSR count). The fraction of sp³-hybridized carbons (Fsp3) is 0.250. The molecule has 0 amide bonds. The number of nitrogens with zero attached hydrogens (tertiary/aromatic N) is 5. The minimum atomic E-state index is -1.85. The zero-order chi connectivity index (χ0) is 20.8.